The summed E-state index contributed by atoms with van der Waals surface area (Å²) in [5.41, 5.74) is 3.73. The lowest BCUT2D eigenvalue weighted by Crippen LogP contribution is -2.30. The molecule has 0 saturated heterocycles. The van der Waals surface area contributed by atoms with Crippen LogP contribution in [0.1, 0.15) is 60.5 Å². The average molecular weight is 527 g/mol. The van der Waals surface area contributed by atoms with E-state index in [1.54, 1.807) is 36.4 Å². The smallest absolute Gasteiger partial charge is 0.335 e. The number of fused-ring (bicyclic) bond motifs is 3. The van der Waals surface area contributed by atoms with Gasteiger partial charge < -0.3 is 25.8 Å². The predicted molar refractivity (Wildman–Crippen MR) is 137 cm³/mol. The molecule has 12 heteroatoms. The monoisotopic (exact) mass is 526 g/mol. The van der Waals surface area contributed by atoms with E-state index in [9.17, 15) is 24.3 Å². The molecule has 1 aliphatic carbocycles. The van der Waals surface area contributed by atoms with Crippen LogP contribution < -0.4 is 20.7 Å². The number of carboxylic acid groups (broad SMARTS) is 1. The number of amides is 3. The summed E-state index contributed by atoms with van der Waals surface area (Å²) in [6.45, 7) is 0.119. The Hall–Kier alpha value is -5.26. The van der Waals surface area contributed by atoms with Crippen LogP contribution in [0.4, 0.5) is 5.69 Å². The third-order valence-electron chi connectivity index (χ3n) is 6.73. The zero-order valence-corrected chi connectivity index (χ0v) is 20.4. The molecule has 0 spiro atoms. The summed E-state index contributed by atoms with van der Waals surface area (Å²) in [4.78, 5) is 53.6. The van der Waals surface area contributed by atoms with Gasteiger partial charge in [-0.25, -0.2) is 14.3 Å². The molecule has 0 fully saturated rings. The van der Waals surface area contributed by atoms with Gasteiger partial charge in [0.15, 0.2) is 12.3 Å². The van der Waals surface area contributed by atoms with Gasteiger partial charge in [0, 0.05) is 18.7 Å². The fourth-order valence-corrected chi connectivity index (χ4v) is 4.84. The van der Waals surface area contributed by atoms with Crippen molar-refractivity contribution in [1.29, 1.82) is 0 Å². The van der Waals surface area contributed by atoms with Crippen LogP contribution in [0.3, 0.4) is 0 Å². The van der Waals surface area contributed by atoms with Crippen LogP contribution in [-0.4, -0.2) is 50.0 Å². The number of aromatic carboxylic acids is 1. The number of hydrogen-bond donors (Lipinski definition) is 4. The van der Waals surface area contributed by atoms with Gasteiger partial charge in [-0.3, -0.25) is 14.4 Å². The molecule has 2 aliphatic rings. The Morgan fingerprint density at radius 3 is 2.82 bits per heavy atom. The Balaban J connectivity index is 1.20. The van der Waals surface area contributed by atoms with E-state index in [2.05, 4.69) is 26.0 Å². The van der Waals surface area contributed by atoms with Gasteiger partial charge in [0.05, 0.1) is 23.5 Å². The zero-order chi connectivity index (χ0) is 27.1. The normalized spacial score (nSPS) is 15.6. The number of anilines is 1. The first-order valence-electron chi connectivity index (χ1n) is 12.2. The topological polar surface area (TPSA) is 164 Å². The van der Waals surface area contributed by atoms with E-state index in [-0.39, 0.29) is 42.1 Å². The number of aryl methyl sites for hydroxylation is 1. The van der Waals surface area contributed by atoms with E-state index in [1.165, 1.54) is 22.8 Å². The van der Waals surface area contributed by atoms with Gasteiger partial charge in [0.25, 0.3) is 17.7 Å². The van der Waals surface area contributed by atoms with Crippen molar-refractivity contribution in [1.82, 2.24) is 25.2 Å². The van der Waals surface area contributed by atoms with Crippen molar-refractivity contribution in [2.75, 3.05) is 11.9 Å². The number of carbonyl (C=O) groups is 4. The molecular formula is C27H22N6O6. The minimum absolute atomic E-state index is 0.0410. The summed E-state index contributed by atoms with van der Waals surface area (Å²) < 4.78 is 6.72. The van der Waals surface area contributed by atoms with Crippen LogP contribution in [0.5, 0.6) is 5.75 Å². The largest absolute Gasteiger partial charge is 0.482 e. The summed E-state index contributed by atoms with van der Waals surface area (Å²) in [6, 6.07) is 12.8. The molecule has 1 aliphatic heterocycles. The lowest BCUT2D eigenvalue weighted by molar-refractivity contribution is -0.118. The molecule has 12 nitrogen and oxygen atoms in total. The Bertz CT molecular complexity index is 1680. The summed E-state index contributed by atoms with van der Waals surface area (Å²) in [7, 11) is 0. The summed E-state index contributed by atoms with van der Waals surface area (Å²) >= 11 is 0. The van der Waals surface area contributed by atoms with Crippen molar-refractivity contribution in [2.45, 2.75) is 25.4 Å². The number of ether oxygens (including phenoxy) is 1. The first kappa shape index (κ1) is 24.1. The number of nitrogens with zero attached hydrogens (tertiary/aromatic N) is 3. The van der Waals surface area contributed by atoms with Gasteiger partial charge in [-0.05, 0) is 53.8 Å². The van der Waals surface area contributed by atoms with Crippen molar-refractivity contribution in [3.8, 4) is 5.75 Å². The molecule has 3 heterocycles. The van der Waals surface area contributed by atoms with Crippen LogP contribution in [0.2, 0.25) is 0 Å². The fraction of sp³-hybridized carbons (Fsp3) is 0.185. The molecule has 0 bridgehead atoms. The summed E-state index contributed by atoms with van der Waals surface area (Å²) in [6.07, 6.45) is 2.75. The highest BCUT2D eigenvalue weighted by molar-refractivity contribution is 5.98. The highest BCUT2D eigenvalue weighted by atomic mass is 16.5. The molecule has 4 N–H and O–H groups in total. The van der Waals surface area contributed by atoms with Gasteiger partial charge in [0.1, 0.15) is 17.1 Å². The van der Waals surface area contributed by atoms with Gasteiger partial charge >= 0.3 is 5.97 Å². The van der Waals surface area contributed by atoms with Gasteiger partial charge in [0.2, 0.25) is 0 Å². The minimum Gasteiger partial charge on any atom is -0.482 e. The fourth-order valence-electron chi connectivity index (χ4n) is 4.84. The third kappa shape index (κ3) is 4.63. The molecule has 1 atom stereocenters. The molecule has 6 rings (SSSR count). The SMILES string of the molecule is O=C1COc2ccc(CNC(=O)c3cc(C(=O)N[C@H]4CCc5cc(C(=O)O)ccc54)n4nccc4n3)cc2N1. The van der Waals surface area contributed by atoms with Crippen molar-refractivity contribution < 1.29 is 29.0 Å². The average Bonchev–Trinajstić information content (AvgIpc) is 3.57. The van der Waals surface area contributed by atoms with Gasteiger partial charge in [-0.2, -0.15) is 5.10 Å². The molecule has 2 aromatic carbocycles. The number of rotatable bonds is 6. The summed E-state index contributed by atoms with van der Waals surface area (Å²) in [5, 5.41) is 21.9. The lowest BCUT2D eigenvalue weighted by atomic mass is 10.0. The van der Waals surface area contributed by atoms with Gasteiger partial charge in [-0.1, -0.05) is 12.1 Å². The van der Waals surface area contributed by atoms with Crippen LogP contribution in [-0.2, 0) is 17.8 Å². The van der Waals surface area contributed by atoms with E-state index in [0.29, 0.717) is 29.9 Å². The van der Waals surface area contributed by atoms with E-state index < -0.39 is 17.8 Å². The van der Waals surface area contributed by atoms with E-state index >= 15 is 0 Å². The standard InChI is InChI=1S/C27H22N6O6/c34-24-13-39-22-6-1-14(9-19(22)31-24)12-28-25(35)20-11-21(33-23(30-20)7-8-29-33)26(36)32-18-5-3-15-10-16(27(37)38)2-4-17(15)18/h1-2,4,6-11,18H,3,5,12-13H2,(H,28,35)(H,31,34)(H,32,36)(H,37,38)/t18-/m0/s1. The zero-order valence-electron chi connectivity index (χ0n) is 20.4. The quantitative estimate of drug-likeness (QED) is 0.297. The maximum absolute atomic E-state index is 13.3. The van der Waals surface area contributed by atoms with Crippen molar-refractivity contribution in [2.24, 2.45) is 0 Å². The Labute approximate surface area is 221 Å². The summed E-state index contributed by atoms with van der Waals surface area (Å²) in [5.74, 6) is -1.62. The lowest BCUT2D eigenvalue weighted by Gasteiger charge is -2.18. The van der Waals surface area contributed by atoms with Crippen LogP contribution in [0, 0.1) is 0 Å². The number of nitrogens with one attached hydrogen (secondary N) is 3. The predicted octanol–water partition coefficient (Wildman–Crippen LogP) is 2.11. The van der Waals surface area contributed by atoms with E-state index in [4.69, 9.17) is 4.74 Å². The number of carbonyl (C=O) groups excluding carboxylic acids is 3. The number of benzene rings is 2. The van der Waals surface area contributed by atoms with Crippen LogP contribution in [0.15, 0.2) is 54.7 Å². The maximum atomic E-state index is 13.3. The first-order chi connectivity index (χ1) is 18.9. The third-order valence-corrected chi connectivity index (χ3v) is 6.73. The minimum atomic E-state index is -0.999. The van der Waals surface area contributed by atoms with Crippen LogP contribution >= 0.6 is 0 Å². The molecule has 39 heavy (non-hydrogen) atoms. The molecule has 3 amide bonds. The Kier molecular flexibility index (Phi) is 5.91. The maximum Gasteiger partial charge on any atom is 0.335 e. The second kappa shape index (κ2) is 9.56. The Morgan fingerprint density at radius 2 is 1.97 bits per heavy atom. The first-order valence-corrected chi connectivity index (χ1v) is 12.2. The molecule has 0 saturated carbocycles. The molecule has 4 aromatic rings. The highest BCUT2D eigenvalue weighted by Crippen LogP contribution is 2.32. The van der Waals surface area contributed by atoms with E-state index in [1.807, 2.05) is 0 Å². The molecule has 0 radical (unpaired) electrons. The number of aromatic nitrogens is 3. The second-order valence-electron chi connectivity index (χ2n) is 9.26. The van der Waals surface area contributed by atoms with Gasteiger partial charge in [-0.15, -0.1) is 0 Å². The van der Waals surface area contributed by atoms with Crippen molar-refractivity contribution in [3.05, 3.63) is 88.4 Å². The second-order valence-corrected chi connectivity index (χ2v) is 9.26. The van der Waals surface area contributed by atoms with Crippen molar-refractivity contribution in [3.63, 3.8) is 0 Å². The number of hydrogen-bond acceptors (Lipinski definition) is 7. The molecule has 196 valence electrons. The van der Waals surface area contributed by atoms with Crippen LogP contribution in [0.25, 0.3) is 5.65 Å². The Morgan fingerprint density at radius 1 is 1.10 bits per heavy atom. The molecular weight excluding hydrogens is 504 g/mol. The highest BCUT2D eigenvalue weighted by Gasteiger charge is 2.27. The van der Waals surface area contributed by atoms with E-state index in [0.717, 1.165) is 16.7 Å². The molecule has 0 unspecified atom stereocenters. The van der Waals surface area contributed by atoms with Crippen molar-refractivity contribution >= 4 is 35.0 Å². The number of carboxylic acids is 1. The molecule has 2 aromatic heterocycles.